The summed E-state index contributed by atoms with van der Waals surface area (Å²) < 4.78 is 0. The Morgan fingerprint density at radius 1 is 0.759 bits per heavy atom. The van der Waals surface area contributed by atoms with Gasteiger partial charge in [-0.3, -0.25) is 0 Å². The lowest BCUT2D eigenvalue weighted by molar-refractivity contribution is 0.146. The molecule has 1 aliphatic rings. The van der Waals surface area contributed by atoms with Crippen LogP contribution in [0.15, 0.2) is 12.4 Å². The number of unbranched alkanes of at least 4 members (excludes halogenated alkanes) is 15. The minimum atomic E-state index is -0.211. The average molecular weight is 427 g/mol. The molecule has 0 saturated carbocycles. The van der Waals surface area contributed by atoms with Gasteiger partial charge in [-0.1, -0.05) is 103 Å². The molecule has 0 saturated heterocycles. The molecule has 0 aromatic carbocycles. The molecule has 0 radical (unpaired) electrons. The van der Waals surface area contributed by atoms with Gasteiger partial charge in [0.25, 0.3) is 0 Å². The Morgan fingerprint density at radius 2 is 1.24 bits per heavy atom. The van der Waals surface area contributed by atoms with Crippen molar-refractivity contribution in [3.8, 4) is 0 Å². The average Bonchev–Trinajstić information content (AvgIpc) is 3.11. The maximum Gasteiger partial charge on any atom is 0.0891 e. The van der Waals surface area contributed by atoms with E-state index in [1.807, 2.05) is 11.8 Å². The zero-order valence-corrected chi connectivity index (χ0v) is 20.4. The van der Waals surface area contributed by atoms with E-state index in [9.17, 15) is 5.11 Å². The zero-order chi connectivity index (χ0) is 21.0. The maximum absolute atomic E-state index is 10.1. The fourth-order valence-corrected chi connectivity index (χ4v) is 4.95. The number of hydrogen-bond acceptors (Lipinski definition) is 4. The number of nitrogens with zero attached hydrogens (tertiary/aromatic N) is 2. The van der Waals surface area contributed by atoms with Gasteiger partial charge in [0.1, 0.15) is 0 Å². The van der Waals surface area contributed by atoms with Crippen LogP contribution in [0.1, 0.15) is 110 Å². The van der Waals surface area contributed by atoms with Crippen LogP contribution in [0.25, 0.3) is 0 Å². The minimum Gasteiger partial charge on any atom is -0.390 e. The van der Waals surface area contributed by atoms with Crippen molar-refractivity contribution in [1.82, 2.24) is 9.80 Å². The minimum absolute atomic E-state index is 0.211. The molecule has 172 valence electrons. The van der Waals surface area contributed by atoms with Crippen LogP contribution in [0.5, 0.6) is 0 Å². The van der Waals surface area contributed by atoms with Gasteiger partial charge in [-0.25, -0.2) is 0 Å². The van der Waals surface area contributed by atoms with Gasteiger partial charge in [0.05, 0.1) is 12.8 Å². The monoisotopic (exact) mass is 426 g/mol. The van der Waals surface area contributed by atoms with Crippen molar-refractivity contribution in [3.05, 3.63) is 12.4 Å². The maximum atomic E-state index is 10.1. The van der Waals surface area contributed by atoms with Crippen LogP contribution < -0.4 is 0 Å². The molecular formula is C25H50N2OS. The Morgan fingerprint density at radius 3 is 1.69 bits per heavy atom. The fourth-order valence-electron chi connectivity index (χ4n) is 4.00. The number of rotatable bonds is 21. The van der Waals surface area contributed by atoms with Crippen LogP contribution in [0.2, 0.25) is 0 Å². The second-order valence-corrected chi connectivity index (χ2v) is 10.1. The van der Waals surface area contributed by atoms with E-state index in [1.165, 1.54) is 108 Å². The van der Waals surface area contributed by atoms with Crippen LogP contribution in [0.4, 0.5) is 0 Å². The van der Waals surface area contributed by atoms with Crippen LogP contribution in [0, 0.1) is 0 Å². The van der Waals surface area contributed by atoms with E-state index in [2.05, 4.69) is 36.2 Å². The SMILES string of the molecule is CCCCCCCCCCCCCCCCCCSCC(O)CN1C=CN(C)C1. The summed E-state index contributed by atoms with van der Waals surface area (Å²) in [6.45, 7) is 3.95. The molecule has 0 aromatic heterocycles. The van der Waals surface area contributed by atoms with Crippen molar-refractivity contribution in [2.24, 2.45) is 0 Å². The van der Waals surface area contributed by atoms with Crippen molar-refractivity contribution in [2.75, 3.05) is 31.8 Å². The lowest BCUT2D eigenvalue weighted by Crippen LogP contribution is -2.31. The first-order valence-corrected chi connectivity index (χ1v) is 13.8. The molecule has 1 rings (SSSR count). The van der Waals surface area contributed by atoms with Gasteiger partial charge in [-0.15, -0.1) is 0 Å². The Labute approximate surface area is 186 Å². The van der Waals surface area contributed by atoms with E-state index >= 15 is 0 Å². The molecule has 0 fully saturated rings. The lowest BCUT2D eigenvalue weighted by atomic mass is 10.0. The molecule has 3 nitrogen and oxygen atoms in total. The van der Waals surface area contributed by atoms with Gasteiger partial charge in [0, 0.05) is 31.7 Å². The van der Waals surface area contributed by atoms with Crippen LogP contribution in [0.3, 0.4) is 0 Å². The van der Waals surface area contributed by atoms with Crippen LogP contribution in [-0.2, 0) is 0 Å². The van der Waals surface area contributed by atoms with E-state index in [0.717, 1.165) is 19.0 Å². The summed E-state index contributed by atoms with van der Waals surface area (Å²) in [7, 11) is 2.06. The van der Waals surface area contributed by atoms with Crippen molar-refractivity contribution < 1.29 is 5.11 Å². The molecule has 1 atom stereocenters. The number of β-amino-alcohol motifs (C(OH)–C–C–N with tert-alkyl or cyclic N) is 1. The lowest BCUT2D eigenvalue weighted by Gasteiger charge is -2.21. The summed E-state index contributed by atoms with van der Waals surface area (Å²) in [6.07, 6.45) is 26.7. The van der Waals surface area contributed by atoms with E-state index in [-0.39, 0.29) is 6.10 Å². The molecular weight excluding hydrogens is 376 g/mol. The van der Waals surface area contributed by atoms with Gasteiger partial charge in [-0.05, 0) is 12.2 Å². The van der Waals surface area contributed by atoms with Gasteiger partial charge in [0.2, 0.25) is 0 Å². The third-order valence-corrected chi connectivity index (χ3v) is 7.03. The highest BCUT2D eigenvalue weighted by molar-refractivity contribution is 7.99. The molecule has 0 aromatic rings. The molecule has 0 aliphatic carbocycles. The second-order valence-electron chi connectivity index (χ2n) is 9.00. The number of thioether (sulfide) groups is 1. The number of aliphatic hydroxyl groups is 1. The zero-order valence-electron chi connectivity index (χ0n) is 19.6. The fraction of sp³-hybridized carbons (Fsp3) is 0.920. The smallest absolute Gasteiger partial charge is 0.0891 e. The summed E-state index contributed by atoms with van der Waals surface area (Å²) in [6, 6.07) is 0. The molecule has 0 bridgehead atoms. The topological polar surface area (TPSA) is 26.7 Å². The van der Waals surface area contributed by atoms with Crippen LogP contribution in [-0.4, -0.2) is 52.8 Å². The van der Waals surface area contributed by atoms with Crippen molar-refractivity contribution in [3.63, 3.8) is 0 Å². The Balaban J connectivity index is 1.70. The molecule has 0 amide bonds. The molecule has 29 heavy (non-hydrogen) atoms. The van der Waals surface area contributed by atoms with Gasteiger partial charge in [-0.2, -0.15) is 11.8 Å². The van der Waals surface area contributed by atoms with E-state index in [0.29, 0.717) is 0 Å². The van der Waals surface area contributed by atoms with Gasteiger partial charge in [0.15, 0.2) is 0 Å². The van der Waals surface area contributed by atoms with Crippen molar-refractivity contribution >= 4 is 11.8 Å². The molecule has 1 heterocycles. The predicted octanol–water partition coefficient (Wildman–Crippen LogP) is 7.02. The quantitative estimate of drug-likeness (QED) is 0.200. The second kappa shape index (κ2) is 19.6. The third-order valence-electron chi connectivity index (χ3n) is 5.83. The highest BCUT2D eigenvalue weighted by Gasteiger charge is 2.13. The van der Waals surface area contributed by atoms with E-state index < -0.39 is 0 Å². The number of hydrogen-bond donors (Lipinski definition) is 1. The summed E-state index contributed by atoms with van der Waals surface area (Å²) in [4.78, 5) is 4.32. The van der Waals surface area contributed by atoms with Gasteiger partial charge >= 0.3 is 0 Å². The molecule has 1 N–H and O–H groups in total. The Bertz CT molecular complexity index is 378. The molecule has 4 heteroatoms. The summed E-state index contributed by atoms with van der Waals surface area (Å²) in [5, 5.41) is 10.1. The van der Waals surface area contributed by atoms with E-state index in [4.69, 9.17) is 0 Å². The van der Waals surface area contributed by atoms with Gasteiger partial charge < -0.3 is 14.9 Å². The highest BCUT2D eigenvalue weighted by atomic mass is 32.2. The summed E-state index contributed by atoms with van der Waals surface area (Å²) in [5.41, 5.74) is 0. The highest BCUT2D eigenvalue weighted by Crippen LogP contribution is 2.15. The van der Waals surface area contributed by atoms with Crippen LogP contribution >= 0.6 is 11.8 Å². The third kappa shape index (κ3) is 17.1. The first kappa shape index (κ1) is 26.7. The first-order chi connectivity index (χ1) is 14.2. The number of aliphatic hydroxyl groups excluding tert-OH is 1. The predicted molar refractivity (Wildman–Crippen MR) is 131 cm³/mol. The molecule has 1 unspecified atom stereocenters. The van der Waals surface area contributed by atoms with Crippen molar-refractivity contribution in [1.29, 1.82) is 0 Å². The molecule has 0 spiro atoms. The largest absolute Gasteiger partial charge is 0.390 e. The Hall–Kier alpha value is -0.350. The van der Waals surface area contributed by atoms with Crippen molar-refractivity contribution in [2.45, 2.75) is 116 Å². The van der Waals surface area contributed by atoms with E-state index in [1.54, 1.807) is 0 Å². The molecule has 1 aliphatic heterocycles. The normalized spacial score (nSPS) is 14.9. The summed E-state index contributed by atoms with van der Waals surface area (Å²) in [5.74, 6) is 2.07. The standard InChI is InChI=1S/C25H50N2OS/c1-3-4-5-6-7-8-9-10-11-12-13-14-15-16-17-18-21-29-23-25(28)22-27-20-19-26(2)24-27/h19-20,25,28H,3-18,21-24H2,1-2H3. The first-order valence-electron chi connectivity index (χ1n) is 12.6. The summed E-state index contributed by atoms with van der Waals surface area (Å²) >= 11 is 1.92. The Kier molecular flexibility index (Phi) is 18.0.